The lowest BCUT2D eigenvalue weighted by Crippen LogP contribution is -2.27. The van der Waals surface area contributed by atoms with Gasteiger partial charge in [-0.2, -0.15) is 0 Å². The van der Waals surface area contributed by atoms with Crippen molar-refractivity contribution in [3.8, 4) is 0 Å². The molecule has 1 amide bonds. The van der Waals surface area contributed by atoms with Gasteiger partial charge in [0, 0.05) is 41.3 Å². The lowest BCUT2D eigenvalue weighted by Gasteiger charge is -2.16. The minimum Gasteiger partial charge on any atom is -0.464 e. The standard InChI is InChI=1S/C24H24N2O4/c1-14-16-9-18-19(24(2,3)4)13-29-20(18)11-21(16)30-23(28)17(14)10-22(27)26-12-15-5-7-25-8-6-15/h5-9,11,13H,10,12H2,1-4H3,(H,26,27). The number of pyridine rings is 1. The molecule has 0 spiro atoms. The number of carbonyl (C=O) groups is 1. The zero-order valence-corrected chi connectivity index (χ0v) is 17.5. The molecule has 3 heterocycles. The fourth-order valence-electron chi connectivity index (χ4n) is 3.62. The molecule has 0 radical (unpaired) electrons. The summed E-state index contributed by atoms with van der Waals surface area (Å²) in [6.45, 7) is 8.60. The number of amides is 1. The van der Waals surface area contributed by atoms with E-state index in [-0.39, 0.29) is 17.7 Å². The van der Waals surface area contributed by atoms with E-state index in [0.29, 0.717) is 23.3 Å². The van der Waals surface area contributed by atoms with Crippen LogP contribution in [0, 0.1) is 6.92 Å². The molecule has 3 aromatic heterocycles. The summed E-state index contributed by atoms with van der Waals surface area (Å²) in [5, 5.41) is 4.64. The second kappa shape index (κ2) is 7.44. The normalized spacial score (nSPS) is 11.9. The van der Waals surface area contributed by atoms with Crippen LogP contribution in [0.3, 0.4) is 0 Å². The molecule has 0 aliphatic rings. The predicted molar refractivity (Wildman–Crippen MR) is 115 cm³/mol. The first kappa shape index (κ1) is 19.9. The summed E-state index contributed by atoms with van der Waals surface area (Å²) in [5.74, 6) is -0.235. The van der Waals surface area contributed by atoms with Gasteiger partial charge in [0.05, 0.1) is 18.2 Å². The Morgan fingerprint density at radius 3 is 2.53 bits per heavy atom. The van der Waals surface area contributed by atoms with Gasteiger partial charge in [0.1, 0.15) is 11.2 Å². The number of aromatic nitrogens is 1. The van der Waals surface area contributed by atoms with Gasteiger partial charge in [-0.15, -0.1) is 0 Å². The van der Waals surface area contributed by atoms with E-state index < -0.39 is 5.63 Å². The number of rotatable bonds is 4. The Hall–Kier alpha value is -3.41. The first-order chi connectivity index (χ1) is 14.2. The van der Waals surface area contributed by atoms with E-state index in [2.05, 4.69) is 31.1 Å². The molecular formula is C24H24N2O4. The maximum absolute atomic E-state index is 12.6. The zero-order valence-electron chi connectivity index (χ0n) is 17.5. The van der Waals surface area contributed by atoms with E-state index >= 15 is 0 Å². The van der Waals surface area contributed by atoms with Gasteiger partial charge in [-0.25, -0.2) is 4.79 Å². The van der Waals surface area contributed by atoms with Crippen molar-refractivity contribution in [2.45, 2.75) is 46.1 Å². The topological polar surface area (TPSA) is 85.3 Å². The van der Waals surface area contributed by atoms with Crippen molar-refractivity contribution >= 4 is 27.8 Å². The molecule has 0 aliphatic heterocycles. The SMILES string of the molecule is Cc1c(CC(=O)NCc2ccncc2)c(=O)oc2cc3occ(C(C)(C)C)c3cc12. The second-order valence-electron chi connectivity index (χ2n) is 8.55. The van der Waals surface area contributed by atoms with Gasteiger partial charge >= 0.3 is 5.63 Å². The van der Waals surface area contributed by atoms with E-state index in [9.17, 15) is 9.59 Å². The third-order valence-electron chi connectivity index (χ3n) is 5.37. The average molecular weight is 404 g/mol. The maximum atomic E-state index is 12.6. The van der Waals surface area contributed by atoms with Crippen molar-refractivity contribution in [3.05, 3.63) is 75.6 Å². The largest absolute Gasteiger partial charge is 0.464 e. The van der Waals surface area contributed by atoms with Gasteiger partial charge in [0.15, 0.2) is 0 Å². The number of fused-ring (bicyclic) bond motifs is 2. The molecule has 4 aromatic rings. The summed E-state index contributed by atoms with van der Waals surface area (Å²) in [7, 11) is 0. The fourth-order valence-corrected chi connectivity index (χ4v) is 3.62. The zero-order chi connectivity index (χ0) is 21.5. The Labute approximate surface area is 173 Å². The van der Waals surface area contributed by atoms with Crippen LogP contribution >= 0.6 is 0 Å². The van der Waals surface area contributed by atoms with Crippen LogP contribution in [0.15, 0.2) is 56.6 Å². The molecule has 1 N–H and O–H groups in total. The molecule has 30 heavy (non-hydrogen) atoms. The monoisotopic (exact) mass is 404 g/mol. The summed E-state index contributed by atoms with van der Waals surface area (Å²) in [6, 6.07) is 7.41. The molecule has 0 unspecified atom stereocenters. The third-order valence-corrected chi connectivity index (χ3v) is 5.37. The Morgan fingerprint density at radius 1 is 1.10 bits per heavy atom. The van der Waals surface area contributed by atoms with E-state index in [1.54, 1.807) is 24.7 Å². The van der Waals surface area contributed by atoms with E-state index in [4.69, 9.17) is 8.83 Å². The van der Waals surface area contributed by atoms with E-state index in [1.165, 1.54) is 0 Å². The molecule has 4 rings (SSSR count). The van der Waals surface area contributed by atoms with Gasteiger partial charge in [-0.05, 0) is 41.7 Å². The molecule has 0 saturated heterocycles. The quantitative estimate of drug-likeness (QED) is 0.510. The van der Waals surface area contributed by atoms with Crippen molar-refractivity contribution < 1.29 is 13.6 Å². The Balaban J connectivity index is 1.68. The maximum Gasteiger partial charge on any atom is 0.340 e. The Morgan fingerprint density at radius 2 is 1.83 bits per heavy atom. The molecule has 6 nitrogen and oxygen atoms in total. The van der Waals surface area contributed by atoms with Crippen LogP contribution in [0.2, 0.25) is 0 Å². The van der Waals surface area contributed by atoms with Gasteiger partial charge < -0.3 is 14.2 Å². The molecule has 6 heteroatoms. The number of carbonyl (C=O) groups excluding carboxylic acids is 1. The number of nitrogens with zero attached hydrogens (tertiary/aromatic N) is 1. The molecule has 0 atom stereocenters. The molecular weight excluding hydrogens is 380 g/mol. The van der Waals surface area contributed by atoms with Gasteiger partial charge in [-0.3, -0.25) is 9.78 Å². The fraction of sp³-hybridized carbons (Fsp3) is 0.292. The van der Waals surface area contributed by atoms with Crippen LogP contribution in [0.1, 0.15) is 43.0 Å². The first-order valence-corrected chi connectivity index (χ1v) is 9.87. The highest BCUT2D eigenvalue weighted by molar-refractivity contribution is 5.97. The van der Waals surface area contributed by atoms with Crippen LogP contribution in [-0.4, -0.2) is 10.9 Å². The van der Waals surface area contributed by atoms with Crippen molar-refractivity contribution in [3.63, 3.8) is 0 Å². The van der Waals surface area contributed by atoms with Crippen molar-refractivity contribution in [2.75, 3.05) is 0 Å². The lowest BCUT2D eigenvalue weighted by molar-refractivity contribution is -0.120. The molecule has 0 aliphatic carbocycles. The molecule has 0 saturated carbocycles. The number of hydrogen-bond acceptors (Lipinski definition) is 5. The number of aryl methyl sites for hydroxylation is 1. The lowest BCUT2D eigenvalue weighted by atomic mass is 9.86. The minimum atomic E-state index is -0.499. The summed E-state index contributed by atoms with van der Waals surface area (Å²) in [4.78, 5) is 29.0. The highest BCUT2D eigenvalue weighted by atomic mass is 16.4. The Bertz CT molecular complexity index is 1290. The minimum absolute atomic E-state index is 0.0370. The van der Waals surface area contributed by atoms with Crippen molar-refractivity contribution in [2.24, 2.45) is 0 Å². The van der Waals surface area contributed by atoms with E-state index in [0.717, 1.165) is 27.5 Å². The average Bonchev–Trinajstić information content (AvgIpc) is 3.12. The summed E-state index contributed by atoms with van der Waals surface area (Å²) >= 11 is 0. The number of nitrogens with one attached hydrogen (secondary N) is 1. The van der Waals surface area contributed by atoms with Crippen LogP contribution in [0.5, 0.6) is 0 Å². The summed E-state index contributed by atoms with van der Waals surface area (Å²) in [6.07, 6.45) is 5.06. The number of hydrogen-bond donors (Lipinski definition) is 1. The van der Waals surface area contributed by atoms with Crippen LogP contribution < -0.4 is 10.9 Å². The molecule has 0 fully saturated rings. The first-order valence-electron chi connectivity index (χ1n) is 9.87. The second-order valence-corrected chi connectivity index (χ2v) is 8.55. The van der Waals surface area contributed by atoms with Gasteiger partial charge in [0.25, 0.3) is 0 Å². The van der Waals surface area contributed by atoms with Crippen LogP contribution in [0.25, 0.3) is 21.9 Å². The smallest absolute Gasteiger partial charge is 0.340 e. The molecule has 154 valence electrons. The highest BCUT2D eigenvalue weighted by Gasteiger charge is 2.22. The van der Waals surface area contributed by atoms with Crippen molar-refractivity contribution in [1.29, 1.82) is 0 Å². The predicted octanol–water partition coefficient (Wildman–Crippen LogP) is 4.40. The van der Waals surface area contributed by atoms with E-state index in [1.807, 2.05) is 25.1 Å². The summed E-state index contributed by atoms with van der Waals surface area (Å²) < 4.78 is 11.2. The molecule has 1 aromatic carbocycles. The molecule has 0 bridgehead atoms. The number of benzene rings is 1. The number of furan rings is 1. The van der Waals surface area contributed by atoms with Crippen LogP contribution in [-0.2, 0) is 23.2 Å². The third kappa shape index (κ3) is 3.73. The van der Waals surface area contributed by atoms with Crippen molar-refractivity contribution in [1.82, 2.24) is 10.3 Å². The van der Waals surface area contributed by atoms with Gasteiger partial charge in [0.2, 0.25) is 5.91 Å². The Kier molecular flexibility index (Phi) is 4.94. The van der Waals surface area contributed by atoms with Crippen LogP contribution in [0.4, 0.5) is 0 Å². The summed E-state index contributed by atoms with van der Waals surface area (Å²) in [5.41, 5.74) is 3.70. The van der Waals surface area contributed by atoms with Gasteiger partial charge in [-0.1, -0.05) is 20.8 Å². The highest BCUT2D eigenvalue weighted by Crippen LogP contribution is 2.35.